The summed E-state index contributed by atoms with van der Waals surface area (Å²) in [6.07, 6.45) is -3.88. The molecule has 2 nitrogen and oxygen atoms in total. The molecule has 0 aliphatic carbocycles. The molecule has 0 saturated heterocycles. The fraction of sp³-hybridized carbons (Fsp3) is 0.286. The standard InChI is InChI=1S/C7H9FN2/c1-2-5-3-4-10-7(9)6(5)8/h3-4H,2H2,1H3,(H2,9,10)/i1D3,2D2,3D,4D. The van der Waals surface area contributed by atoms with Crippen LogP contribution in [0.5, 0.6) is 0 Å². The van der Waals surface area contributed by atoms with Crippen LogP contribution >= 0.6 is 0 Å². The first-order valence-electron chi connectivity index (χ1n) is 5.92. The fourth-order valence-corrected chi connectivity index (χ4v) is 0.462. The summed E-state index contributed by atoms with van der Waals surface area (Å²) >= 11 is 0. The van der Waals surface area contributed by atoms with Crippen molar-refractivity contribution in [3.8, 4) is 0 Å². The number of aromatic nitrogens is 1. The quantitative estimate of drug-likeness (QED) is 0.651. The number of anilines is 1. The number of pyridine rings is 1. The van der Waals surface area contributed by atoms with Gasteiger partial charge in [0.2, 0.25) is 0 Å². The Morgan fingerprint density at radius 1 is 2.10 bits per heavy atom. The molecule has 10 heavy (non-hydrogen) atoms. The summed E-state index contributed by atoms with van der Waals surface area (Å²) in [5.41, 5.74) is 4.03. The molecule has 1 aromatic heterocycles. The molecule has 1 aromatic rings. The highest BCUT2D eigenvalue weighted by Gasteiger charge is 2.02. The Labute approximate surface area is 68.7 Å². The molecule has 0 saturated carbocycles. The lowest BCUT2D eigenvalue weighted by molar-refractivity contribution is 0.611. The van der Waals surface area contributed by atoms with Gasteiger partial charge >= 0.3 is 0 Å². The maximum Gasteiger partial charge on any atom is 0.168 e. The van der Waals surface area contributed by atoms with Crippen molar-refractivity contribution in [2.45, 2.75) is 13.2 Å². The van der Waals surface area contributed by atoms with Crippen molar-refractivity contribution in [2.24, 2.45) is 0 Å². The molecule has 0 aliphatic heterocycles. The van der Waals surface area contributed by atoms with Gasteiger partial charge in [-0.3, -0.25) is 0 Å². The third-order valence-corrected chi connectivity index (χ3v) is 0.927. The zero-order valence-corrected chi connectivity index (χ0v) is 4.90. The highest BCUT2D eigenvalue weighted by molar-refractivity contribution is 5.34. The first-order chi connectivity index (χ1) is 7.50. The Morgan fingerprint density at radius 3 is 3.60 bits per heavy atom. The maximum absolute atomic E-state index is 13.6. The van der Waals surface area contributed by atoms with Crippen molar-refractivity contribution in [1.82, 2.24) is 4.98 Å². The Hall–Kier alpha value is -1.12. The molecule has 0 spiro atoms. The van der Waals surface area contributed by atoms with Crippen molar-refractivity contribution in [3.63, 3.8) is 0 Å². The van der Waals surface area contributed by atoms with Crippen LogP contribution in [0.25, 0.3) is 0 Å². The second kappa shape index (κ2) is 2.64. The lowest BCUT2D eigenvalue weighted by Crippen LogP contribution is -1.97. The van der Waals surface area contributed by atoms with Crippen molar-refractivity contribution in [1.29, 1.82) is 0 Å². The van der Waals surface area contributed by atoms with E-state index in [4.69, 9.17) is 15.3 Å². The zero-order chi connectivity index (χ0) is 13.6. The van der Waals surface area contributed by atoms with Gasteiger partial charge in [0.1, 0.15) is 0 Å². The molecule has 54 valence electrons. The van der Waals surface area contributed by atoms with Crippen LogP contribution in [-0.2, 0) is 6.37 Å². The van der Waals surface area contributed by atoms with Crippen LogP contribution in [0.1, 0.15) is 22.0 Å². The number of nitrogens with zero attached hydrogens (tertiary/aromatic N) is 1. The topological polar surface area (TPSA) is 38.9 Å². The predicted octanol–water partition coefficient (Wildman–Crippen LogP) is 1.37. The van der Waals surface area contributed by atoms with E-state index in [9.17, 15) is 4.39 Å². The summed E-state index contributed by atoms with van der Waals surface area (Å²) in [5, 5.41) is 0. The van der Waals surface area contributed by atoms with E-state index in [2.05, 4.69) is 4.98 Å². The minimum atomic E-state index is -3.18. The summed E-state index contributed by atoms with van der Waals surface area (Å²) in [4.78, 5) is 3.16. The van der Waals surface area contributed by atoms with E-state index >= 15 is 0 Å². The van der Waals surface area contributed by atoms with Gasteiger partial charge in [0, 0.05) is 13.0 Å². The SMILES string of the molecule is [2H]c1nc(N)c(F)c(C([2H])([2H])C([2H])([2H])[2H])c1[2H]. The van der Waals surface area contributed by atoms with Crippen LogP contribution in [0, 0.1) is 5.82 Å². The largest absolute Gasteiger partial charge is 0.381 e. The van der Waals surface area contributed by atoms with Crippen molar-refractivity contribution in [2.75, 3.05) is 5.73 Å². The molecule has 0 amide bonds. The average Bonchev–Trinajstić information content (AvgIpc) is 2.13. The third-order valence-electron chi connectivity index (χ3n) is 0.927. The van der Waals surface area contributed by atoms with Gasteiger partial charge < -0.3 is 5.73 Å². The minimum absolute atomic E-state index is 0.771. The van der Waals surface area contributed by atoms with Crippen LogP contribution in [0.4, 0.5) is 10.2 Å². The second-order valence-electron chi connectivity index (χ2n) is 1.55. The summed E-state index contributed by atoms with van der Waals surface area (Å²) in [6, 6.07) is -0.919. The molecule has 0 aliphatic rings. The molecule has 0 fully saturated rings. The molecule has 0 radical (unpaired) electrons. The van der Waals surface area contributed by atoms with E-state index in [1.807, 2.05) is 0 Å². The molecule has 2 N–H and O–H groups in total. The first-order valence-corrected chi connectivity index (χ1v) is 2.42. The molecule has 0 atom stereocenters. The highest BCUT2D eigenvalue weighted by Crippen LogP contribution is 2.11. The molecule has 0 aromatic carbocycles. The Morgan fingerprint density at radius 2 is 2.90 bits per heavy atom. The second-order valence-corrected chi connectivity index (χ2v) is 1.55. The van der Waals surface area contributed by atoms with Crippen molar-refractivity contribution >= 4 is 5.82 Å². The van der Waals surface area contributed by atoms with Gasteiger partial charge in [-0.2, -0.15) is 0 Å². The van der Waals surface area contributed by atoms with E-state index in [0.29, 0.717) is 0 Å². The number of hydrogen-bond acceptors (Lipinski definition) is 2. The van der Waals surface area contributed by atoms with Gasteiger partial charge in [0.25, 0.3) is 0 Å². The lowest BCUT2D eigenvalue weighted by Gasteiger charge is -1.99. The van der Waals surface area contributed by atoms with Gasteiger partial charge in [-0.15, -0.1) is 0 Å². The average molecular weight is 147 g/mol. The molecule has 1 heterocycles. The summed E-state index contributed by atoms with van der Waals surface area (Å²) in [7, 11) is 0. The van der Waals surface area contributed by atoms with Crippen LogP contribution in [0.15, 0.2) is 12.2 Å². The predicted molar refractivity (Wildman–Crippen MR) is 38.0 cm³/mol. The molecule has 3 heteroatoms. The van der Waals surface area contributed by atoms with E-state index in [0.717, 1.165) is 0 Å². The third kappa shape index (κ3) is 1.07. The number of nitrogen functional groups attached to an aromatic ring is 1. The highest BCUT2D eigenvalue weighted by atomic mass is 19.1. The molecule has 0 unspecified atom stereocenters. The van der Waals surface area contributed by atoms with Gasteiger partial charge in [0.15, 0.2) is 11.6 Å². The number of nitrogens with two attached hydrogens (primary N) is 1. The lowest BCUT2D eigenvalue weighted by atomic mass is 10.2. The Bertz CT molecular complexity index is 430. The van der Waals surface area contributed by atoms with E-state index < -0.39 is 42.6 Å². The van der Waals surface area contributed by atoms with E-state index in [1.54, 1.807) is 0 Å². The van der Waals surface area contributed by atoms with Gasteiger partial charge in [-0.25, -0.2) is 9.37 Å². The van der Waals surface area contributed by atoms with Crippen LogP contribution < -0.4 is 5.73 Å². The zero-order valence-electron chi connectivity index (χ0n) is 11.9. The molecule has 0 bridgehead atoms. The maximum atomic E-state index is 13.6. The van der Waals surface area contributed by atoms with Crippen LogP contribution in [-0.4, -0.2) is 4.98 Å². The fourth-order valence-electron chi connectivity index (χ4n) is 0.462. The summed E-state index contributed by atoms with van der Waals surface area (Å²) < 4.78 is 63.8. The van der Waals surface area contributed by atoms with E-state index in [-0.39, 0.29) is 0 Å². The Balaban J connectivity index is 3.62. The summed E-state index contributed by atoms with van der Waals surface area (Å²) in [5.74, 6) is -2.21. The number of hydrogen-bond donors (Lipinski definition) is 1. The van der Waals surface area contributed by atoms with Gasteiger partial charge in [0.05, 0.1) is 2.74 Å². The smallest absolute Gasteiger partial charge is 0.168 e. The molecular weight excluding hydrogens is 131 g/mol. The first kappa shape index (κ1) is 2.19. The van der Waals surface area contributed by atoms with Crippen molar-refractivity contribution < 1.29 is 14.0 Å². The molecule has 1 rings (SSSR count). The monoisotopic (exact) mass is 147 g/mol. The summed E-state index contributed by atoms with van der Waals surface area (Å²) in [6.45, 7) is -3.18. The van der Waals surface area contributed by atoms with Crippen LogP contribution in [0.2, 0.25) is 0 Å². The number of halogens is 1. The van der Waals surface area contributed by atoms with Gasteiger partial charge in [-0.05, 0) is 18.0 Å². The molecular formula is C7H9FN2. The van der Waals surface area contributed by atoms with Crippen LogP contribution in [0.3, 0.4) is 0 Å². The Kier molecular flexibility index (Phi) is 0.578. The van der Waals surface area contributed by atoms with E-state index in [1.165, 1.54) is 0 Å². The normalized spacial score (nSPS) is 22.7. The van der Waals surface area contributed by atoms with Gasteiger partial charge in [-0.1, -0.05) is 6.85 Å². The minimum Gasteiger partial charge on any atom is -0.381 e. The number of rotatable bonds is 1. The van der Waals surface area contributed by atoms with Crippen molar-refractivity contribution in [3.05, 3.63) is 23.6 Å².